The zero-order valence-corrected chi connectivity index (χ0v) is 12.9. The molecule has 126 valence electrons. The molecule has 1 aromatic carbocycles. The highest BCUT2D eigenvalue weighted by atomic mass is 16.6. The van der Waals surface area contributed by atoms with Crippen molar-refractivity contribution in [3.8, 4) is 23.0 Å². The Morgan fingerprint density at radius 2 is 1.96 bits per heavy atom. The van der Waals surface area contributed by atoms with Crippen molar-refractivity contribution >= 4 is 11.6 Å². The predicted octanol–water partition coefficient (Wildman–Crippen LogP) is 2.05. The maximum Gasteiger partial charge on any atom is 0.346 e. The predicted molar refractivity (Wildman–Crippen MR) is 87.9 cm³/mol. The van der Waals surface area contributed by atoms with Crippen LogP contribution in [0.4, 0.5) is 5.69 Å². The number of ether oxygens (including phenoxy) is 2. The maximum absolute atomic E-state index is 12.4. The van der Waals surface area contributed by atoms with Gasteiger partial charge in [0.05, 0.1) is 12.0 Å². The standard InChI is InChI=1S/C17H13N3O5/c21-16(18-10-3-4-14-15(8-10)25-7-6-24-14)12-9-11(19-17(22)20-12)13-2-1-5-23-13/h1-5,8-9H,6-7H2,(H,18,21)(H,19,20,22). The number of amides is 1. The Kier molecular flexibility index (Phi) is 3.70. The van der Waals surface area contributed by atoms with Crippen LogP contribution in [0.3, 0.4) is 0 Å². The van der Waals surface area contributed by atoms with Gasteiger partial charge < -0.3 is 24.2 Å². The van der Waals surface area contributed by atoms with Crippen LogP contribution in [0.2, 0.25) is 0 Å². The van der Waals surface area contributed by atoms with Gasteiger partial charge in [-0.2, -0.15) is 4.98 Å². The van der Waals surface area contributed by atoms with E-state index in [1.54, 1.807) is 30.3 Å². The summed E-state index contributed by atoms with van der Waals surface area (Å²) in [4.78, 5) is 30.4. The molecule has 0 spiro atoms. The monoisotopic (exact) mass is 339 g/mol. The lowest BCUT2D eigenvalue weighted by Gasteiger charge is -2.18. The molecular weight excluding hydrogens is 326 g/mol. The minimum Gasteiger partial charge on any atom is -0.486 e. The number of nitrogens with one attached hydrogen (secondary N) is 2. The van der Waals surface area contributed by atoms with E-state index in [0.717, 1.165) is 0 Å². The molecular formula is C17H13N3O5. The highest BCUT2D eigenvalue weighted by molar-refractivity contribution is 6.03. The van der Waals surface area contributed by atoms with Crippen molar-refractivity contribution in [2.45, 2.75) is 0 Å². The molecule has 0 saturated heterocycles. The Balaban J connectivity index is 1.60. The van der Waals surface area contributed by atoms with E-state index < -0.39 is 11.6 Å². The van der Waals surface area contributed by atoms with Gasteiger partial charge in [0.15, 0.2) is 11.5 Å². The second-order valence-corrected chi connectivity index (χ2v) is 5.28. The number of aromatic nitrogens is 2. The van der Waals surface area contributed by atoms with Gasteiger partial charge in [-0.05, 0) is 30.3 Å². The van der Waals surface area contributed by atoms with Crippen molar-refractivity contribution in [2.75, 3.05) is 18.5 Å². The third-order valence-electron chi connectivity index (χ3n) is 3.56. The topological polar surface area (TPSA) is 106 Å². The number of carbonyl (C=O) groups is 1. The lowest BCUT2D eigenvalue weighted by atomic mass is 10.2. The molecule has 1 aliphatic rings. The molecule has 8 heteroatoms. The Morgan fingerprint density at radius 3 is 2.76 bits per heavy atom. The molecule has 0 unspecified atom stereocenters. The number of rotatable bonds is 3. The minimum atomic E-state index is -0.638. The first-order valence-electron chi connectivity index (χ1n) is 7.55. The molecule has 1 amide bonds. The van der Waals surface area contributed by atoms with Gasteiger partial charge in [0.2, 0.25) is 0 Å². The number of carbonyl (C=O) groups excluding carboxylic acids is 1. The summed E-state index contributed by atoms with van der Waals surface area (Å²) >= 11 is 0. The molecule has 4 rings (SSSR count). The summed E-state index contributed by atoms with van der Waals surface area (Å²) in [7, 11) is 0. The van der Waals surface area contributed by atoms with Crippen LogP contribution in [0.5, 0.6) is 11.5 Å². The van der Waals surface area contributed by atoms with Crippen molar-refractivity contribution in [1.82, 2.24) is 9.97 Å². The van der Waals surface area contributed by atoms with Gasteiger partial charge >= 0.3 is 5.69 Å². The SMILES string of the molecule is O=C(Nc1ccc2c(c1)OCCO2)c1cc(-c2ccco2)[nH]c(=O)n1. The summed E-state index contributed by atoms with van der Waals surface area (Å²) in [6.45, 7) is 0.942. The summed E-state index contributed by atoms with van der Waals surface area (Å²) in [6, 6.07) is 9.87. The second kappa shape index (κ2) is 6.16. The van der Waals surface area contributed by atoms with Crippen LogP contribution in [-0.4, -0.2) is 29.1 Å². The van der Waals surface area contributed by atoms with E-state index in [0.29, 0.717) is 41.9 Å². The zero-order valence-electron chi connectivity index (χ0n) is 12.9. The number of anilines is 1. The van der Waals surface area contributed by atoms with Gasteiger partial charge in [-0.15, -0.1) is 0 Å². The van der Waals surface area contributed by atoms with E-state index in [9.17, 15) is 9.59 Å². The lowest BCUT2D eigenvalue weighted by Crippen LogP contribution is -2.21. The summed E-state index contributed by atoms with van der Waals surface area (Å²) in [6.07, 6.45) is 1.48. The van der Waals surface area contributed by atoms with E-state index in [4.69, 9.17) is 13.9 Å². The smallest absolute Gasteiger partial charge is 0.346 e. The number of hydrogen-bond acceptors (Lipinski definition) is 6. The first-order valence-corrected chi connectivity index (χ1v) is 7.55. The number of benzene rings is 1. The Hall–Kier alpha value is -3.55. The Morgan fingerprint density at radius 1 is 1.12 bits per heavy atom. The average Bonchev–Trinajstić information content (AvgIpc) is 3.16. The first-order chi connectivity index (χ1) is 12.2. The van der Waals surface area contributed by atoms with Crippen LogP contribution in [0.15, 0.2) is 51.9 Å². The van der Waals surface area contributed by atoms with E-state index in [1.165, 1.54) is 12.3 Å². The van der Waals surface area contributed by atoms with Gasteiger partial charge in [0.1, 0.15) is 24.7 Å². The lowest BCUT2D eigenvalue weighted by molar-refractivity contribution is 0.102. The number of fused-ring (bicyclic) bond motifs is 1. The van der Waals surface area contributed by atoms with E-state index >= 15 is 0 Å². The van der Waals surface area contributed by atoms with Crippen molar-refractivity contribution in [1.29, 1.82) is 0 Å². The van der Waals surface area contributed by atoms with Gasteiger partial charge in [0, 0.05) is 11.8 Å². The number of hydrogen-bond donors (Lipinski definition) is 2. The highest BCUT2D eigenvalue weighted by Gasteiger charge is 2.15. The molecule has 3 aromatic rings. The molecule has 2 N–H and O–H groups in total. The fourth-order valence-electron chi connectivity index (χ4n) is 2.45. The fraction of sp³-hybridized carbons (Fsp3) is 0.118. The average molecular weight is 339 g/mol. The first kappa shape index (κ1) is 15.0. The summed E-state index contributed by atoms with van der Waals surface area (Å²) < 4.78 is 16.1. The molecule has 0 saturated carbocycles. The quantitative estimate of drug-likeness (QED) is 0.756. The van der Waals surface area contributed by atoms with Gasteiger partial charge in [0.25, 0.3) is 5.91 Å². The molecule has 0 fully saturated rings. The largest absolute Gasteiger partial charge is 0.486 e. The van der Waals surface area contributed by atoms with Crippen molar-refractivity contribution in [3.05, 3.63) is 58.8 Å². The van der Waals surface area contributed by atoms with Gasteiger partial charge in [-0.25, -0.2) is 4.79 Å². The van der Waals surface area contributed by atoms with Crippen LogP contribution in [0, 0.1) is 0 Å². The van der Waals surface area contributed by atoms with Crippen molar-refractivity contribution in [3.63, 3.8) is 0 Å². The van der Waals surface area contributed by atoms with Crippen molar-refractivity contribution in [2.24, 2.45) is 0 Å². The number of furan rings is 1. The molecule has 8 nitrogen and oxygen atoms in total. The van der Waals surface area contributed by atoms with Gasteiger partial charge in [-0.3, -0.25) is 4.79 Å². The minimum absolute atomic E-state index is 0.0231. The number of nitrogens with zero attached hydrogens (tertiary/aromatic N) is 1. The van der Waals surface area contributed by atoms with E-state index in [2.05, 4.69) is 15.3 Å². The molecule has 0 radical (unpaired) electrons. The summed E-state index contributed by atoms with van der Waals surface area (Å²) in [5.74, 6) is 1.10. The van der Waals surface area contributed by atoms with Crippen molar-refractivity contribution < 1.29 is 18.7 Å². The van der Waals surface area contributed by atoms with Crippen LogP contribution in [-0.2, 0) is 0 Å². The fourth-order valence-corrected chi connectivity index (χ4v) is 2.45. The van der Waals surface area contributed by atoms with Crippen LogP contribution in [0.1, 0.15) is 10.5 Å². The highest BCUT2D eigenvalue weighted by Crippen LogP contribution is 2.32. The normalized spacial score (nSPS) is 12.6. The third-order valence-corrected chi connectivity index (χ3v) is 3.56. The zero-order chi connectivity index (χ0) is 17.2. The number of aromatic amines is 1. The van der Waals surface area contributed by atoms with Gasteiger partial charge in [-0.1, -0.05) is 0 Å². The van der Waals surface area contributed by atoms with Crippen LogP contribution < -0.4 is 20.5 Å². The van der Waals surface area contributed by atoms with E-state index in [1.807, 2.05) is 0 Å². The second-order valence-electron chi connectivity index (χ2n) is 5.28. The molecule has 25 heavy (non-hydrogen) atoms. The van der Waals surface area contributed by atoms with Crippen LogP contribution >= 0.6 is 0 Å². The molecule has 0 aliphatic carbocycles. The summed E-state index contributed by atoms with van der Waals surface area (Å²) in [5, 5.41) is 2.69. The molecule has 0 bridgehead atoms. The molecule has 1 aliphatic heterocycles. The Bertz CT molecular complexity index is 978. The number of H-pyrrole nitrogens is 1. The molecule has 3 heterocycles. The molecule has 2 aromatic heterocycles. The van der Waals surface area contributed by atoms with Crippen LogP contribution in [0.25, 0.3) is 11.5 Å². The van der Waals surface area contributed by atoms with E-state index in [-0.39, 0.29) is 5.69 Å². The Labute approximate surface area is 141 Å². The molecule has 0 atom stereocenters. The maximum atomic E-state index is 12.4. The third kappa shape index (κ3) is 3.09. The summed E-state index contributed by atoms with van der Waals surface area (Å²) in [5.41, 5.74) is 0.222.